The standard InChI is InChI=1S/C19H24N2O3S/c1-15(22)21(11-9-16-5-7-17(24-2)8-6-16)12-10-20-19(23)14-18-4-3-13-25-18/h3-8,13H,9-12,14H2,1-2H3,(H,20,23). The van der Waals surface area contributed by atoms with E-state index in [1.807, 2.05) is 41.8 Å². The van der Waals surface area contributed by atoms with E-state index < -0.39 is 0 Å². The van der Waals surface area contributed by atoms with Crippen LogP contribution in [0, 0.1) is 0 Å². The molecule has 0 aliphatic heterocycles. The van der Waals surface area contributed by atoms with Crippen LogP contribution in [0.15, 0.2) is 41.8 Å². The van der Waals surface area contributed by atoms with Gasteiger partial charge in [0, 0.05) is 31.4 Å². The quantitative estimate of drug-likeness (QED) is 0.747. The van der Waals surface area contributed by atoms with Crippen molar-refractivity contribution in [1.82, 2.24) is 10.2 Å². The van der Waals surface area contributed by atoms with Gasteiger partial charge in [0.2, 0.25) is 11.8 Å². The smallest absolute Gasteiger partial charge is 0.225 e. The summed E-state index contributed by atoms with van der Waals surface area (Å²) in [6.07, 6.45) is 1.16. The number of benzene rings is 1. The predicted molar refractivity (Wildman–Crippen MR) is 100.0 cm³/mol. The zero-order valence-corrected chi connectivity index (χ0v) is 15.5. The molecule has 1 aromatic carbocycles. The van der Waals surface area contributed by atoms with E-state index >= 15 is 0 Å². The van der Waals surface area contributed by atoms with Gasteiger partial charge in [-0.2, -0.15) is 0 Å². The number of thiophene rings is 1. The van der Waals surface area contributed by atoms with Gasteiger partial charge in [-0.1, -0.05) is 18.2 Å². The predicted octanol–water partition coefficient (Wildman–Crippen LogP) is 2.51. The van der Waals surface area contributed by atoms with Crippen LogP contribution in [0.4, 0.5) is 0 Å². The summed E-state index contributed by atoms with van der Waals surface area (Å²) in [6, 6.07) is 11.7. The fourth-order valence-corrected chi connectivity index (χ4v) is 3.15. The van der Waals surface area contributed by atoms with Crippen molar-refractivity contribution in [3.05, 3.63) is 52.2 Å². The van der Waals surface area contributed by atoms with E-state index in [1.165, 1.54) is 0 Å². The van der Waals surface area contributed by atoms with Crippen LogP contribution in [0.5, 0.6) is 5.75 Å². The highest BCUT2D eigenvalue weighted by molar-refractivity contribution is 7.10. The normalized spacial score (nSPS) is 10.3. The lowest BCUT2D eigenvalue weighted by atomic mass is 10.1. The maximum atomic E-state index is 11.9. The number of amides is 2. The lowest BCUT2D eigenvalue weighted by Gasteiger charge is -2.21. The van der Waals surface area contributed by atoms with E-state index in [1.54, 1.807) is 30.3 Å². The van der Waals surface area contributed by atoms with Crippen LogP contribution in [0.1, 0.15) is 17.4 Å². The molecule has 0 fully saturated rings. The Morgan fingerprint density at radius 3 is 2.52 bits per heavy atom. The number of nitrogens with one attached hydrogen (secondary N) is 1. The molecule has 2 aromatic rings. The molecular weight excluding hydrogens is 336 g/mol. The fourth-order valence-electron chi connectivity index (χ4n) is 2.45. The number of hydrogen-bond acceptors (Lipinski definition) is 4. The molecule has 0 saturated heterocycles. The average molecular weight is 360 g/mol. The Labute approximate surface area is 152 Å². The van der Waals surface area contributed by atoms with E-state index in [9.17, 15) is 9.59 Å². The summed E-state index contributed by atoms with van der Waals surface area (Å²) in [5, 5.41) is 4.83. The molecule has 0 saturated carbocycles. The van der Waals surface area contributed by atoms with Crippen LogP contribution < -0.4 is 10.1 Å². The van der Waals surface area contributed by atoms with Crippen LogP contribution in [0.2, 0.25) is 0 Å². The Balaban J connectivity index is 1.74. The van der Waals surface area contributed by atoms with Crippen molar-refractivity contribution in [1.29, 1.82) is 0 Å². The van der Waals surface area contributed by atoms with Crippen LogP contribution in [-0.4, -0.2) is 43.5 Å². The first-order chi connectivity index (χ1) is 12.1. The molecule has 0 atom stereocenters. The number of rotatable bonds is 9. The Kier molecular flexibility index (Phi) is 7.47. The average Bonchev–Trinajstić information content (AvgIpc) is 3.11. The SMILES string of the molecule is COc1ccc(CCN(CCNC(=O)Cc2cccs2)C(C)=O)cc1. The molecule has 5 nitrogen and oxygen atoms in total. The second-order valence-corrected chi connectivity index (χ2v) is 6.74. The van der Waals surface area contributed by atoms with E-state index in [2.05, 4.69) is 5.32 Å². The number of methoxy groups -OCH3 is 1. The zero-order chi connectivity index (χ0) is 18.1. The van der Waals surface area contributed by atoms with E-state index in [4.69, 9.17) is 4.74 Å². The lowest BCUT2D eigenvalue weighted by Crippen LogP contribution is -2.38. The maximum Gasteiger partial charge on any atom is 0.225 e. The maximum absolute atomic E-state index is 11.9. The summed E-state index contributed by atoms with van der Waals surface area (Å²) < 4.78 is 5.14. The van der Waals surface area contributed by atoms with Crippen molar-refractivity contribution < 1.29 is 14.3 Å². The first-order valence-corrected chi connectivity index (χ1v) is 9.14. The minimum atomic E-state index is -0.0129. The molecule has 1 aromatic heterocycles. The van der Waals surface area contributed by atoms with Gasteiger partial charge < -0.3 is 15.0 Å². The molecule has 1 N–H and O–H groups in total. The third kappa shape index (κ3) is 6.58. The molecule has 2 amide bonds. The lowest BCUT2D eigenvalue weighted by molar-refractivity contribution is -0.129. The van der Waals surface area contributed by atoms with Gasteiger partial charge in [0.05, 0.1) is 13.5 Å². The van der Waals surface area contributed by atoms with Gasteiger partial charge in [-0.05, 0) is 35.6 Å². The van der Waals surface area contributed by atoms with Gasteiger partial charge in [0.25, 0.3) is 0 Å². The molecular formula is C19H24N2O3S. The third-order valence-electron chi connectivity index (χ3n) is 3.89. The molecule has 0 spiro atoms. The number of hydrogen-bond donors (Lipinski definition) is 1. The molecule has 25 heavy (non-hydrogen) atoms. The van der Waals surface area contributed by atoms with Gasteiger partial charge >= 0.3 is 0 Å². The van der Waals surface area contributed by atoms with Crippen molar-refractivity contribution >= 4 is 23.2 Å². The molecule has 0 unspecified atom stereocenters. The Morgan fingerprint density at radius 2 is 1.92 bits per heavy atom. The van der Waals surface area contributed by atoms with Crippen LogP contribution in [0.25, 0.3) is 0 Å². The Hall–Kier alpha value is -2.34. The minimum Gasteiger partial charge on any atom is -0.497 e. The highest BCUT2D eigenvalue weighted by Crippen LogP contribution is 2.12. The van der Waals surface area contributed by atoms with E-state index in [-0.39, 0.29) is 11.8 Å². The van der Waals surface area contributed by atoms with E-state index in [0.29, 0.717) is 26.1 Å². The van der Waals surface area contributed by atoms with Crippen LogP contribution in [0.3, 0.4) is 0 Å². The van der Waals surface area contributed by atoms with Crippen molar-refractivity contribution in [3.8, 4) is 5.75 Å². The van der Waals surface area contributed by atoms with Gasteiger partial charge in [0.1, 0.15) is 5.75 Å². The summed E-state index contributed by atoms with van der Waals surface area (Å²) in [6.45, 7) is 3.16. The van der Waals surface area contributed by atoms with Crippen molar-refractivity contribution in [2.24, 2.45) is 0 Å². The van der Waals surface area contributed by atoms with Crippen molar-refractivity contribution in [2.75, 3.05) is 26.7 Å². The van der Waals surface area contributed by atoms with Crippen LogP contribution in [-0.2, 0) is 22.4 Å². The number of carbonyl (C=O) groups is 2. The largest absolute Gasteiger partial charge is 0.497 e. The minimum absolute atomic E-state index is 0.0129. The van der Waals surface area contributed by atoms with Gasteiger partial charge in [-0.15, -0.1) is 11.3 Å². The first-order valence-electron chi connectivity index (χ1n) is 8.26. The third-order valence-corrected chi connectivity index (χ3v) is 4.77. The second kappa shape index (κ2) is 9.84. The first kappa shape index (κ1) is 19.0. The Bertz CT molecular complexity index is 668. The fraction of sp³-hybridized carbons (Fsp3) is 0.368. The van der Waals surface area contributed by atoms with Crippen molar-refractivity contribution in [2.45, 2.75) is 19.8 Å². The van der Waals surface area contributed by atoms with Gasteiger partial charge in [-0.25, -0.2) is 0 Å². The number of ether oxygens (including phenoxy) is 1. The molecule has 0 bridgehead atoms. The Morgan fingerprint density at radius 1 is 1.16 bits per heavy atom. The topological polar surface area (TPSA) is 58.6 Å². The summed E-state index contributed by atoms with van der Waals surface area (Å²) in [5.74, 6) is 0.822. The molecule has 2 rings (SSSR count). The zero-order valence-electron chi connectivity index (χ0n) is 14.7. The second-order valence-electron chi connectivity index (χ2n) is 5.71. The van der Waals surface area contributed by atoms with Crippen LogP contribution >= 0.6 is 11.3 Å². The molecule has 1 heterocycles. The molecule has 0 aliphatic carbocycles. The monoisotopic (exact) mass is 360 g/mol. The van der Waals surface area contributed by atoms with E-state index in [0.717, 1.165) is 22.6 Å². The number of nitrogens with zero attached hydrogens (tertiary/aromatic N) is 1. The van der Waals surface area contributed by atoms with Crippen molar-refractivity contribution in [3.63, 3.8) is 0 Å². The highest BCUT2D eigenvalue weighted by Gasteiger charge is 2.10. The molecule has 0 radical (unpaired) electrons. The molecule has 134 valence electrons. The summed E-state index contributed by atoms with van der Waals surface area (Å²) in [5.41, 5.74) is 1.15. The summed E-state index contributed by atoms with van der Waals surface area (Å²) in [7, 11) is 1.64. The number of carbonyl (C=O) groups excluding carboxylic acids is 2. The summed E-state index contributed by atoms with van der Waals surface area (Å²) in [4.78, 5) is 26.5. The summed E-state index contributed by atoms with van der Waals surface area (Å²) >= 11 is 1.57. The molecule has 0 aliphatic rings. The van der Waals surface area contributed by atoms with Gasteiger partial charge in [0.15, 0.2) is 0 Å². The molecule has 6 heteroatoms. The highest BCUT2D eigenvalue weighted by atomic mass is 32.1. The van der Waals surface area contributed by atoms with Gasteiger partial charge in [-0.3, -0.25) is 9.59 Å².